The summed E-state index contributed by atoms with van der Waals surface area (Å²) in [6, 6.07) is 21.0. The predicted octanol–water partition coefficient (Wildman–Crippen LogP) is 8.59. The van der Waals surface area contributed by atoms with Crippen LogP contribution in [0.3, 0.4) is 0 Å². The fourth-order valence-corrected chi connectivity index (χ4v) is 10.1. The second-order valence-electron chi connectivity index (χ2n) is 17.6. The zero-order chi connectivity index (χ0) is 51.7. The minimum atomic E-state index is -1.14. The van der Waals surface area contributed by atoms with Gasteiger partial charge < -0.3 is 47.5 Å². The molecule has 0 heterocycles. The number of methoxy groups -OCH3 is 1. The van der Waals surface area contributed by atoms with Crippen LogP contribution in [0.5, 0.6) is 0 Å². The minimum absolute atomic E-state index is 0.0677. The fraction of sp³-hybridized carbons (Fsp3) is 0.392. The molecular weight excluding hydrogens is 996 g/mol. The van der Waals surface area contributed by atoms with Crippen molar-refractivity contribution in [3.8, 4) is 0 Å². The van der Waals surface area contributed by atoms with Crippen LogP contribution in [0.15, 0.2) is 84.9 Å². The van der Waals surface area contributed by atoms with Crippen LogP contribution >= 0.6 is 46.4 Å². The Hall–Kier alpha value is -5.91. The van der Waals surface area contributed by atoms with Crippen molar-refractivity contribution in [3.63, 3.8) is 0 Å². The number of carboxylic acid groups (broad SMARTS) is 1. The van der Waals surface area contributed by atoms with Crippen molar-refractivity contribution < 1.29 is 43.4 Å². The van der Waals surface area contributed by atoms with E-state index < -0.39 is 46.7 Å². The zero-order valence-electron chi connectivity index (χ0n) is 39.4. The average Bonchev–Trinajstić information content (AvgIpc) is 4.04. The molecule has 0 saturated heterocycles. The molecule has 4 aromatic carbocycles. The molecule has 0 spiro atoms. The summed E-state index contributed by atoms with van der Waals surface area (Å²) in [6.45, 7) is 0.736. The van der Waals surface area contributed by atoms with Crippen LogP contribution in [0.25, 0.3) is 0 Å². The lowest BCUT2D eigenvalue weighted by atomic mass is 9.81. The average molecular weight is 1060 g/mol. The molecule has 2 fully saturated rings. The van der Waals surface area contributed by atoms with Crippen molar-refractivity contribution in [2.75, 3.05) is 37.9 Å². The normalized spacial score (nSPS) is 15.1. The molecule has 4 aromatic rings. The molecule has 0 aromatic heterocycles. The number of nitrogens with one attached hydrogen (secondary N) is 6. The molecule has 2 aliphatic carbocycles. The first-order valence-electron chi connectivity index (χ1n) is 23.2. The number of ether oxygens (including phenoxy) is 1. The Kier molecular flexibility index (Phi) is 20.9. The van der Waals surface area contributed by atoms with E-state index in [1.807, 2.05) is 0 Å². The molecule has 2 saturated carbocycles. The third kappa shape index (κ3) is 15.3. The number of carbonyl (C=O) groups is 7. The molecule has 380 valence electrons. The van der Waals surface area contributed by atoms with Crippen LogP contribution in [0.4, 0.5) is 16.2 Å². The van der Waals surface area contributed by atoms with Crippen molar-refractivity contribution >= 4 is 99.4 Å². The van der Waals surface area contributed by atoms with Gasteiger partial charge in [-0.1, -0.05) is 108 Å². The maximum atomic E-state index is 13.2. The highest BCUT2D eigenvalue weighted by atomic mass is 35.5. The molecular formula is C51H59Cl4N7O9. The lowest BCUT2D eigenvalue weighted by molar-refractivity contribution is -0.146. The number of halogens is 4. The highest BCUT2D eigenvalue weighted by molar-refractivity contribution is 6.41. The van der Waals surface area contributed by atoms with Crippen molar-refractivity contribution in [2.45, 2.75) is 89.1 Å². The third-order valence-electron chi connectivity index (χ3n) is 12.9. The highest BCUT2D eigenvalue weighted by Crippen LogP contribution is 2.42. The lowest BCUT2D eigenvalue weighted by Crippen LogP contribution is -2.49. The quantitative estimate of drug-likeness (QED) is 0.0416. The summed E-state index contributed by atoms with van der Waals surface area (Å²) in [4.78, 5) is 87.3. The van der Waals surface area contributed by atoms with Crippen molar-refractivity contribution in [1.82, 2.24) is 21.3 Å². The van der Waals surface area contributed by atoms with E-state index in [4.69, 9.17) is 56.9 Å². The first-order valence-corrected chi connectivity index (χ1v) is 24.7. The molecule has 0 aliphatic heterocycles. The molecule has 0 radical (unpaired) electrons. The summed E-state index contributed by atoms with van der Waals surface area (Å²) < 4.78 is 4.93. The molecule has 9 N–H and O–H groups in total. The zero-order valence-corrected chi connectivity index (χ0v) is 42.5. The molecule has 2 aliphatic rings. The summed E-state index contributed by atoms with van der Waals surface area (Å²) in [5.41, 5.74) is 7.38. The number of hydrogen-bond donors (Lipinski definition) is 8. The van der Waals surface area contributed by atoms with Crippen molar-refractivity contribution in [1.29, 1.82) is 0 Å². The molecule has 6 rings (SSSR count). The summed E-state index contributed by atoms with van der Waals surface area (Å²) in [6.07, 6.45) is 7.87. The largest absolute Gasteiger partial charge is 0.480 e. The van der Waals surface area contributed by atoms with Crippen LogP contribution in [-0.4, -0.2) is 86.0 Å². The molecule has 0 bridgehead atoms. The Bertz CT molecular complexity index is 2490. The van der Waals surface area contributed by atoms with Crippen LogP contribution in [-0.2, 0) is 36.8 Å². The minimum Gasteiger partial charge on any atom is -0.480 e. The molecule has 20 heteroatoms. The number of benzene rings is 4. The van der Waals surface area contributed by atoms with E-state index in [-0.39, 0.29) is 61.9 Å². The number of urea groups is 1. The first-order chi connectivity index (χ1) is 33.9. The molecule has 16 nitrogen and oxygen atoms in total. The van der Waals surface area contributed by atoms with Gasteiger partial charge in [-0.15, -0.1) is 0 Å². The molecule has 6 amide bonds. The fourth-order valence-electron chi connectivity index (χ4n) is 8.96. The van der Waals surface area contributed by atoms with E-state index in [9.17, 15) is 38.7 Å². The van der Waals surface area contributed by atoms with E-state index in [2.05, 4.69) is 31.9 Å². The molecule has 2 atom stereocenters. The van der Waals surface area contributed by atoms with Gasteiger partial charge in [0.1, 0.15) is 12.1 Å². The van der Waals surface area contributed by atoms with Gasteiger partial charge in [0.25, 0.3) is 11.8 Å². The second-order valence-corrected chi connectivity index (χ2v) is 19.2. The van der Waals surface area contributed by atoms with Crippen LogP contribution in [0, 0.1) is 10.8 Å². The van der Waals surface area contributed by atoms with Crippen LogP contribution in [0.2, 0.25) is 20.1 Å². The maximum absolute atomic E-state index is 13.2. The van der Waals surface area contributed by atoms with E-state index in [0.29, 0.717) is 55.7 Å². The summed E-state index contributed by atoms with van der Waals surface area (Å²) in [5, 5.41) is 27.0. The molecule has 0 unspecified atom stereocenters. The summed E-state index contributed by atoms with van der Waals surface area (Å²) >= 11 is 24.4. The number of anilines is 2. The number of aliphatic carboxylic acids is 1. The first kappa shape index (κ1) is 56.0. The van der Waals surface area contributed by atoms with Crippen LogP contribution in [0.1, 0.15) is 96.1 Å². The number of amides is 6. The number of rotatable bonds is 19. The van der Waals surface area contributed by atoms with E-state index in [1.54, 1.807) is 84.9 Å². The van der Waals surface area contributed by atoms with Gasteiger partial charge in [0.2, 0.25) is 11.8 Å². The lowest BCUT2D eigenvalue weighted by Gasteiger charge is -2.29. The van der Waals surface area contributed by atoms with Gasteiger partial charge in [-0.2, -0.15) is 0 Å². The van der Waals surface area contributed by atoms with Gasteiger partial charge in [-0.05, 0) is 105 Å². The van der Waals surface area contributed by atoms with Crippen molar-refractivity contribution in [2.24, 2.45) is 16.6 Å². The second kappa shape index (κ2) is 26.5. The van der Waals surface area contributed by atoms with Gasteiger partial charge in [0.05, 0.1) is 49.2 Å². The monoisotopic (exact) mass is 1050 g/mol. The SMILES string of the molecule is CNC(=O)NCCC1(C(=O)N[C@@H](Cc2ccc(NC(=O)c3c(Cl)cccc3Cl)cc2)C(=O)O)CCCC1.COC(=O)[C@H](Cc1ccc(NC(=O)c2c(Cl)cccc2Cl)cc1)NC(=O)C1(CCN)CCCC1. The van der Waals surface area contributed by atoms with Gasteiger partial charge >= 0.3 is 18.0 Å². The smallest absolute Gasteiger partial charge is 0.328 e. The van der Waals surface area contributed by atoms with Gasteiger partial charge in [-0.3, -0.25) is 19.2 Å². The Balaban J connectivity index is 0.000000265. The van der Waals surface area contributed by atoms with Gasteiger partial charge in [0, 0.05) is 37.8 Å². The molecule has 71 heavy (non-hydrogen) atoms. The number of hydrogen-bond acceptors (Lipinski definition) is 9. The van der Waals surface area contributed by atoms with Crippen molar-refractivity contribution in [3.05, 3.63) is 127 Å². The van der Waals surface area contributed by atoms with Gasteiger partial charge in [-0.25, -0.2) is 14.4 Å². The number of esters is 1. The number of nitrogens with two attached hydrogens (primary N) is 1. The maximum Gasteiger partial charge on any atom is 0.328 e. The Morgan fingerprint density at radius 3 is 1.39 bits per heavy atom. The highest BCUT2D eigenvalue weighted by Gasteiger charge is 2.43. The number of carbonyl (C=O) groups excluding carboxylic acids is 6. The Labute approximate surface area is 432 Å². The topological polar surface area (TPSA) is 247 Å². The van der Waals surface area contributed by atoms with Gasteiger partial charge in [0.15, 0.2) is 0 Å². The van der Waals surface area contributed by atoms with E-state index >= 15 is 0 Å². The Morgan fingerprint density at radius 2 is 1.01 bits per heavy atom. The van der Waals surface area contributed by atoms with E-state index in [1.165, 1.54) is 14.2 Å². The third-order valence-corrected chi connectivity index (χ3v) is 14.2. The number of carboxylic acids is 1. The standard InChI is InChI=1S/C26H30Cl2N4O5.C25H29Cl2N3O4/c1-29-25(37)30-14-13-26(11-2-3-12-26)24(36)32-20(23(34)35)15-16-7-9-17(10-8-16)31-22(33)21-18(27)5-4-6-19(21)28;1-34-23(32)20(30-24(33)25(13-14-28)11-2-3-12-25)15-16-7-9-17(10-8-16)29-22(31)21-18(26)5-4-6-19(21)27/h4-10,20H,2-3,11-15H2,1H3,(H,31,33)(H,32,36)(H,34,35)(H2,29,30,37);4-10,20H,2-3,11-15,28H2,1H3,(H,29,31)(H,30,33)/t2*20-/m00/s1. The predicted molar refractivity (Wildman–Crippen MR) is 275 cm³/mol. The van der Waals surface area contributed by atoms with Crippen LogP contribution < -0.4 is 37.6 Å². The summed E-state index contributed by atoms with van der Waals surface area (Å²) in [7, 11) is 2.81. The Morgan fingerprint density at radius 1 is 0.620 bits per heavy atom. The van der Waals surface area contributed by atoms with E-state index in [0.717, 1.165) is 44.1 Å². The summed E-state index contributed by atoms with van der Waals surface area (Å²) in [5.74, 6) is -3.00.